The van der Waals surface area contributed by atoms with Crippen LogP contribution in [0.25, 0.3) is 0 Å². The van der Waals surface area contributed by atoms with Crippen molar-refractivity contribution in [3.8, 4) is 0 Å². The fourth-order valence-corrected chi connectivity index (χ4v) is 3.54. The molecule has 6 nitrogen and oxygen atoms in total. The summed E-state index contributed by atoms with van der Waals surface area (Å²) in [5.41, 5.74) is 0.535. The minimum atomic E-state index is -4.19. The molecule has 118 valence electrons. The van der Waals surface area contributed by atoms with Crippen molar-refractivity contribution in [1.29, 1.82) is 0 Å². The van der Waals surface area contributed by atoms with Crippen LogP contribution in [-0.2, 0) is 20.0 Å². The molecule has 3 N–H and O–H groups in total. The Morgan fingerprint density at radius 2 is 1.73 bits per heavy atom. The summed E-state index contributed by atoms with van der Waals surface area (Å²) < 4.78 is 62.8. The Bertz CT molecular complexity index is 925. The van der Waals surface area contributed by atoms with Crippen LogP contribution >= 0.6 is 0 Å². The zero-order valence-corrected chi connectivity index (χ0v) is 13.1. The third kappa shape index (κ3) is 3.62. The van der Waals surface area contributed by atoms with Crippen molar-refractivity contribution in [2.24, 2.45) is 5.14 Å². The number of anilines is 1. The van der Waals surface area contributed by atoms with E-state index < -0.39 is 30.8 Å². The second-order valence-electron chi connectivity index (χ2n) is 4.61. The highest BCUT2D eigenvalue weighted by molar-refractivity contribution is 7.92. The molecule has 0 saturated heterocycles. The van der Waals surface area contributed by atoms with E-state index in [9.17, 15) is 21.2 Å². The first-order valence-corrected chi connectivity index (χ1v) is 9.04. The van der Waals surface area contributed by atoms with E-state index >= 15 is 0 Å². The van der Waals surface area contributed by atoms with Crippen LogP contribution in [0, 0.1) is 12.7 Å². The van der Waals surface area contributed by atoms with Gasteiger partial charge in [0.2, 0.25) is 10.0 Å². The monoisotopic (exact) mass is 344 g/mol. The number of hydrogen-bond acceptors (Lipinski definition) is 4. The molecule has 0 radical (unpaired) electrons. The van der Waals surface area contributed by atoms with E-state index in [-0.39, 0.29) is 10.6 Å². The fraction of sp³-hybridized carbons (Fsp3) is 0.0769. The Morgan fingerprint density at radius 1 is 1.05 bits per heavy atom. The minimum absolute atomic E-state index is 0.0348. The van der Waals surface area contributed by atoms with Gasteiger partial charge in [0.25, 0.3) is 10.0 Å². The summed E-state index contributed by atoms with van der Waals surface area (Å²) in [7, 11) is -8.16. The van der Waals surface area contributed by atoms with Gasteiger partial charge in [-0.15, -0.1) is 0 Å². The van der Waals surface area contributed by atoms with Crippen LogP contribution in [0.1, 0.15) is 5.56 Å². The largest absolute Gasteiger partial charge is 0.279 e. The van der Waals surface area contributed by atoms with Crippen LogP contribution in [-0.4, -0.2) is 16.8 Å². The van der Waals surface area contributed by atoms with Crippen LogP contribution in [0.4, 0.5) is 10.1 Å². The number of rotatable bonds is 4. The second kappa shape index (κ2) is 5.67. The van der Waals surface area contributed by atoms with E-state index in [1.54, 1.807) is 6.92 Å². The smallest absolute Gasteiger partial charge is 0.264 e. The van der Waals surface area contributed by atoms with Gasteiger partial charge in [-0.05, 0) is 42.8 Å². The maximum atomic E-state index is 13.7. The van der Waals surface area contributed by atoms with E-state index in [0.717, 1.165) is 12.1 Å². The van der Waals surface area contributed by atoms with Gasteiger partial charge in [-0.3, -0.25) is 4.72 Å². The molecule has 9 heteroatoms. The van der Waals surface area contributed by atoms with Crippen LogP contribution in [0.2, 0.25) is 0 Å². The summed E-state index contributed by atoms with van der Waals surface area (Å²) in [5, 5.41) is 4.98. The minimum Gasteiger partial charge on any atom is -0.279 e. The summed E-state index contributed by atoms with van der Waals surface area (Å²) in [5.74, 6) is -0.902. The number of benzene rings is 2. The highest BCUT2D eigenvalue weighted by Crippen LogP contribution is 2.21. The lowest BCUT2D eigenvalue weighted by Crippen LogP contribution is -2.16. The van der Waals surface area contributed by atoms with E-state index in [2.05, 4.69) is 4.72 Å². The number of hydrogen-bond donors (Lipinski definition) is 2. The Labute approximate surface area is 127 Å². The number of primary sulfonamides is 1. The predicted molar refractivity (Wildman–Crippen MR) is 79.8 cm³/mol. The van der Waals surface area contributed by atoms with Crippen molar-refractivity contribution in [2.75, 3.05) is 4.72 Å². The van der Waals surface area contributed by atoms with Crippen LogP contribution in [0.5, 0.6) is 0 Å². The third-order valence-electron chi connectivity index (χ3n) is 2.79. The average molecular weight is 344 g/mol. The normalized spacial score (nSPS) is 12.1. The van der Waals surface area contributed by atoms with E-state index in [1.807, 2.05) is 0 Å². The molecule has 0 aromatic heterocycles. The molecule has 2 rings (SSSR count). The molecule has 0 aliphatic heterocycles. The van der Waals surface area contributed by atoms with Crippen LogP contribution < -0.4 is 9.86 Å². The van der Waals surface area contributed by atoms with Crippen molar-refractivity contribution in [2.45, 2.75) is 16.7 Å². The molecule has 22 heavy (non-hydrogen) atoms. The molecule has 0 unspecified atom stereocenters. The number of aryl methyl sites for hydroxylation is 1. The average Bonchev–Trinajstić information content (AvgIpc) is 2.40. The Morgan fingerprint density at radius 3 is 2.36 bits per heavy atom. The number of nitrogens with two attached hydrogens (primary N) is 1. The van der Waals surface area contributed by atoms with Crippen molar-refractivity contribution < 1.29 is 21.2 Å². The molecular formula is C13H13FN2O4S2. The van der Waals surface area contributed by atoms with Gasteiger partial charge in [0.05, 0.1) is 10.6 Å². The molecule has 0 aliphatic carbocycles. The van der Waals surface area contributed by atoms with Crippen molar-refractivity contribution in [3.05, 3.63) is 53.8 Å². The SMILES string of the molecule is Cc1ccc(F)c(S(=O)(=O)Nc2cccc(S(N)(=O)=O)c2)c1. The summed E-state index contributed by atoms with van der Waals surface area (Å²) in [6.45, 7) is 1.63. The zero-order valence-electron chi connectivity index (χ0n) is 11.4. The lowest BCUT2D eigenvalue weighted by atomic mass is 10.2. The van der Waals surface area contributed by atoms with Gasteiger partial charge >= 0.3 is 0 Å². The Balaban J connectivity index is 2.44. The quantitative estimate of drug-likeness (QED) is 0.878. The molecule has 0 saturated carbocycles. The standard InChI is InChI=1S/C13H13FN2O4S2/c1-9-5-6-12(14)13(7-9)22(19,20)16-10-3-2-4-11(8-10)21(15,17)18/h2-8,16H,1H3,(H2,15,17,18). The lowest BCUT2D eigenvalue weighted by molar-refractivity contribution is 0.569. The van der Waals surface area contributed by atoms with Gasteiger partial charge in [-0.1, -0.05) is 12.1 Å². The lowest BCUT2D eigenvalue weighted by Gasteiger charge is -2.10. The molecule has 0 aliphatic rings. The molecular weight excluding hydrogens is 331 g/mol. The second-order valence-corrected chi connectivity index (χ2v) is 7.82. The van der Waals surface area contributed by atoms with E-state index in [4.69, 9.17) is 5.14 Å². The molecule has 2 aromatic rings. The maximum Gasteiger partial charge on any atom is 0.264 e. The summed E-state index contributed by atoms with van der Waals surface area (Å²) in [6.07, 6.45) is 0. The molecule has 0 spiro atoms. The summed E-state index contributed by atoms with van der Waals surface area (Å²) in [4.78, 5) is -0.772. The Hall–Kier alpha value is -1.97. The van der Waals surface area contributed by atoms with Gasteiger partial charge in [0, 0.05) is 0 Å². The topological polar surface area (TPSA) is 106 Å². The molecule has 0 bridgehead atoms. The first kappa shape index (κ1) is 16.4. The Kier molecular flexibility index (Phi) is 4.23. The highest BCUT2D eigenvalue weighted by Gasteiger charge is 2.20. The van der Waals surface area contributed by atoms with E-state index in [0.29, 0.717) is 5.56 Å². The van der Waals surface area contributed by atoms with Gasteiger partial charge in [-0.25, -0.2) is 26.4 Å². The molecule has 0 heterocycles. The van der Waals surface area contributed by atoms with Gasteiger partial charge in [0.1, 0.15) is 10.7 Å². The fourth-order valence-electron chi connectivity index (χ4n) is 1.76. The maximum absolute atomic E-state index is 13.7. The predicted octanol–water partition coefficient (Wildman–Crippen LogP) is 1.58. The molecule has 0 atom stereocenters. The number of nitrogens with one attached hydrogen (secondary N) is 1. The van der Waals surface area contributed by atoms with Gasteiger partial charge < -0.3 is 0 Å². The van der Waals surface area contributed by atoms with Gasteiger partial charge in [-0.2, -0.15) is 0 Å². The first-order valence-electron chi connectivity index (χ1n) is 6.01. The molecule has 0 amide bonds. The first-order chi connectivity index (χ1) is 10.1. The molecule has 2 aromatic carbocycles. The van der Waals surface area contributed by atoms with E-state index in [1.165, 1.54) is 30.3 Å². The zero-order chi connectivity index (χ0) is 16.5. The summed E-state index contributed by atoms with van der Waals surface area (Å²) >= 11 is 0. The third-order valence-corrected chi connectivity index (χ3v) is 5.10. The van der Waals surface area contributed by atoms with Crippen molar-refractivity contribution in [1.82, 2.24) is 0 Å². The highest BCUT2D eigenvalue weighted by atomic mass is 32.2. The number of sulfonamides is 2. The van der Waals surface area contributed by atoms with Crippen LogP contribution in [0.3, 0.4) is 0 Å². The van der Waals surface area contributed by atoms with Crippen molar-refractivity contribution >= 4 is 25.7 Å². The van der Waals surface area contributed by atoms with Crippen LogP contribution in [0.15, 0.2) is 52.3 Å². The summed E-state index contributed by atoms with van der Waals surface area (Å²) in [6, 6.07) is 8.60. The van der Waals surface area contributed by atoms with Crippen molar-refractivity contribution in [3.63, 3.8) is 0 Å². The number of halogens is 1. The van der Waals surface area contributed by atoms with Gasteiger partial charge in [0.15, 0.2) is 0 Å². The molecule has 0 fully saturated rings.